The number of benzene rings is 1. The van der Waals surface area contributed by atoms with Crippen LogP contribution in [0.25, 0.3) is 0 Å². The summed E-state index contributed by atoms with van der Waals surface area (Å²) in [7, 11) is 0. The molecule has 3 rings (SSSR count). The molecule has 0 aliphatic carbocycles. The molecule has 2 heterocycles. The number of carbonyl (C=O) groups excluding carboxylic acids is 1. The Bertz CT molecular complexity index is 630. The van der Waals surface area contributed by atoms with Crippen LogP contribution >= 0.6 is 11.3 Å². The quantitative estimate of drug-likeness (QED) is 0.851. The monoisotopic (exact) mass is 316 g/mol. The number of rotatable bonds is 5. The van der Waals surface area contributed by atoms with E-state index in [-0.39, 0.29) is 5.91 Å². The zero-order valence-electron chi connectivity index (χ0n) is 12.7. The van der Waals surface area contributed by atoms with Crippen molar-refractivity contribution in [2.24, 2.45) is 0 Å². The summed E-state index contributed by atoms with van der Waals surface area (Å²) in [6, 6.07) is 7.97. The number of ether oxygens (including phenoxy) is 1. The van der Waals surface area contributed by atoms with Crippen LogP contribution in [-0.2, 0) is 17.8 Å². The highest BCUT2D eigenvalue weighted by Crippen LogP contribution is 2.17. The van der Waals surface area contributed by atoms with E-state index in [0.717, 1.165) is 42.4 Å². The van der Waals surface area contributed by atoms with Crippen molar-refractivity contribution in [2.75, 3.05) is 13.1 Å². The number of hydrogen-bond acceptors (Lipinski definition) is 4. The first-order chi connectivity index (χ1) is 10.7. The normalized spacial score (nSPS) is 14.3. The van der Waals surface area contributed by atoms with Crippen LogP contribution in [0.1, 0.15) is 29.1 Å². The van der Waals surface area contributed by atoms with Crippen molar-refractivity contribution >= 4 is 17.2 Å². The SMILES string of the molecule is Cc1ccc(OCc2nc(CC(=O)N3CCCC3)cs2)cc1. The fourth-order valence-corrected chi connectivity index (χ4v) is 3.21. The Morgan fingerprint density at radius 3 is 2.73 bits per heavy atom. The van der Waals surface area contributed by atoms with Gasteiger partial charge in [0, 0.05) is 18.5 Å². The third-order valence-electron chi connectivity index (χ3n) is 3.77. The standard InChI is InChI=1S/C17H20N2O2S/c1-13-4-6-15(7-5-13)21-11-16-18-14(12-22-16)10-17(20)19-8-2-3-9-19/h4-7,12H,2-3,8-11H2,1H3. The van der Waals surface area contributed by atoms with Crippen LogP contribution in [0.3, 0.4) is 0 Å². The van der Waals surface area contributed by atoms with E-state index >= 15 is 0 Å². The number of thiazole rings is 1. The molecule has 0 N–H and O–H groups in total. The van der Waals surface area contributed by atoms with Crippen molar-refractivity contribution in [2.45, 2.75) is 32.8 Å². The fourth-order valence-electron chi connectivity index (χ4n) is 2.51. The highest BCUT2D eigenvalue weighted by Gasteiger charge is 2.19. The molecule has 1 aliphatic rings. The molecule has 1 aromatic heterocycles. The van der Waals surface area contributed by atoms with E-state index in [1.807, 2.05) is 41.5 Å². The topological polar surface area (TPSA) is 42.4 Å². The number of amides is 1. The Balaban J connectivity index is 1.52. The first-order valence-electron chi connectivity index (χ1n) is 7.61. The number of nitrogens with zero attached hydrogens (tertiary/aromatic N) is 2. The number of aromatic nitrogens is 1. The minimum Gasteiger partial charge on any atom is -0.486 e. The highest BCUT2D eigenvalue weighted by molar-refractivity contribution is 7.09. The van der Waals surface area contributed by atoms with E-state index in [2.05, 4.69) is 4.98 Å². The summed E-state index contributed by atoms with van der Waals surface area (Å²) < 4.78 is 5.72. The van der Waals surface area contributed by atoms with Gasteiger partial charge in [-0.15, -0.1) is 11.3 Å². The van der Waals surface area contributed by atoms with Crippen LogP contribution < -0.4 is 4.74 Å². The third kappa shape index (κ3) is 3.85. The Hall–Kier alpha value is -1.88. The van der Waals surface area contributed by atoms with E-state index < -0.39 is 0 Å². The molecule has 5 heteroatoms. The van der Waals surface area contributed by atoms with Crippen LogP contribution in [-0.4, -0.2) is 28.9 Å². The molecule has 2 aromatic rings. The lowest BCUT2D eigenvalue weighted by atomic mass is 10.2. The zero-order chi connectivity index (χ0) is 15.4. The zero-order valence-corrected chi connectivity index (χ0v) is 13.6. The van der Waals surface area contributed by atoms with Gasteiger partial charge in [0.25, 0.3) is 0 Å². The molecular formula is C17H20N2O2S. The van der Waals surface area contributed by atoms with Gasteiger partial charge >= 0.3 is 0 Å². The van der Waals surface area contributed by atoms with Gasteiger partial charge < -0.3 is 9.64 Å². The summed E-state index contributed by atoms with van der Waals surface area (Å²) in [6.45, 7) is 4.29. The Labute approximate surface area is 134 Å². The third-order valence-corrected chi connectivity index (χ3v) is 4.64. The summed E-state index contributed by atoms with van der Waals surface area (Å²) in [5, 5.41) is 2.87. The van der Waals surface area contributed by atoms with Crippen molar-refractivity contribution in [3.63, 3.8) is 0 Å². The van der Waals surface area contributed by atoms with Crippen LogP contribution in [0.2, 0.25) is 0 Å². The maximum absolute atomic E-state index is 12.1. The number of hydrogen-bond donors (Lipinski definition) is 0. The van der Waals surface area contributed by atoms with Gasteiger partial charge in [0.1, 0.15) is 17.4 Å². The molecule has 1 amide bonds. The lowest BCUT2D eigenvalue weighted by Gasteiger charge is -2.13. The first-order valence-corrected chi connectivity index (χ1v) is 8.49. The van der Waals surface area contributed by atoms with Gasteiger partial charge in [-0.2, -0.15) is 0 Å². The Morgan fingerprint density at radius 2 is 2.00 bits per heavy atom. The summed E-state index contributed by atoms with van der Waals surface area (Å²) in [5.41, 5.74) is 2.06. The summed E-state index contributed by atoms with van der Waals surface area (Å²) in [6.07, 6.45) is 2.65. The molecule has 0 radical (unpaired) electrons. The van der Waals surface area contributed by atoms with E-state index in [0.29, 0.717) is 13.0 Å². The van der Waals surface area contributed by atoms with Gasteiger partial charge in [-0.3, -0.25) is 4.79 Å². The largest absolute Gasteiger partial charge is 0.486 e. The molecule has 0 saturated carbocycles. The summed E-state index contributed by atoms with van der Waals surface area (Å²) in [4.78, 5) is 18.5. The number of aryl methyl sites for hydroxylation is 1. The van der Waals surface area contributed by atoms with Gasteiger partial charge in [-0.1, -0.05) is 17.7 Å². The van der Waals surface area contributed by atoms with E-state index in [9.17, 15) is 4.79 Å². The molecule has 4 nitrogen and oxygen atoms in total. The molecule has 0 unspecified atom stereocenters. The molecule has 1 fully saturated rings. The van der Waals surface area contributed by atoms with Crippen LogP contribution in [0.15, 0.2) is 29.6 Å². The predicted molar refractivity (Wildman–Crippen MR) is 87.1 cm³/mol. The van der Waals surface area contributed by atoms with Gasteiger partial charge in [-0.05, 0) is 31.9 Å². The smallest absolute Gasteiger partial charge is 0.228 e. The molecule has 1 aromatic carbocycles. The number of likely N-dealkylation sites (tertiary alicyclic amines) is 1. The lowest BCUT2D eigenvalue weighted by molar-refractivity contribution is -0.129. The molecule has 0 atom stereocenters. The first kappa shape index (κ1) is 15.0. The van der Waals surface area contributed by atoms with Crippen molar-refractivity contribution in [1.29, 1.82) is 0 Å². The molecule has 0 bridgehead atoms. The molecule has 0 spiro atoms. The van der Waals surface area contributed by atoms with Crippen molar-refractivity contribution in [1.82, 2.24) is 9.88 Å². The molecule has 1 saturated heterocycles. The second-order valence-electron chi connectivity index (χ2n) is 5.60. The molecular weight excluding hydrogens is 296 g/mol. The maximum atomic E-state index is 12.1. The average molecular weight is 316 g/mol. The average Bonchev–Trinajstić information content (AvgIpc) is 3.18. The molecule has 116 valence electrons. The van der Waals surface area contributed by atoms with Crippen LogP contribution in [0, 0.1) is 6.92 Å². The van der Waals surface area contributed by atoms with Crippen molar-refractivity contribution in [3.05, 3.63) is 45.9 Å². The second kappa shape index (κ2) is 6.92. The van der Waals surface area contributed by atoms with Gasteiger partial charge in [-0.25, -0.2) is 4.98 Å². The van der Waals surface area contributed by atoms with E-state index in [1.54, 1.807) is 11.3 Å². The highest BCUT2D eigenvalue weighted by atomic mass is 32.1. The molecule has 1 aliphatic heterocycles. The van der Waals surface area contributed by atoms with Crippen molar-refractivity contribution in [3.8, 4) is 5.75 Å². The Morgan fingerprint density at radius 1 is 1.27 bits per heavy atom. The minimum absolute atomic E-state index is 0.189. The van der Waals surface area contributed by atoms with Crippen molar-refractivity contribution < 1.29 is 9.53 Å². The fraction of sp³-hybridized carbons (Fsp3) is 0.412. The van der Waals surface area contributed by atoms with Gasteiger partial charge in [0.05, 0.1) is 12.1 Å². The van der Waals surface area contributed by atoms with Crippen LogP contribution in [0.4, 0.5) is 0 Å². The second-order valence-corrected chi connectivity index (χ2v) is 6.54. The van der Waals surface area contributed by atoms with Crippen LogP contribution in [0.5, 0.6) is 5.75 Å². The molecule has 22 heavy (non-hydrogen) atoms. The summed E-state index contributed by atoms with van der Waals surface area (Å²) >= 11 is 1.55. The van der Waals surface area contributed by atoms with E-state index in [4.69, 9.17) is 4.74 Å². The van der Waals surface area contributed by atoms with Gasteiger partial charge in [0.15, 0.2) is 0 Å². The van der Waals surface area contributed by atoms with E-state index in [1.165, 1.54) is 5.56 Å². The maximum Gasteiger partial charge on any atom is 0.228 e. The summed E-state index contributed by atoms with van der Waals surface area (Å²) in [5.74, 6) is 1.03. The predicted octanol–water partition coefficient (Wildman–Crippen LogP) is 3.20. The minimum atomic E-state index is 0.189. The number of carbonyl (C=O) groups is 1. The Kier molecular flexibility index (Phi) is 4.73. The lowest BCUT2D eigenvalue weighted by Crippen LogP contribution is -2.29. The van der Waals surface area contributed by atoms with Gasteiger partial charge in [0.2, 0.25) is 5.91 Å².